The molecule has 0 aromatic carbocycles. The standard InChI is InChI=1S/C16H31NO/c1-2-17-15(13-14-7-3-4-8-14)10-11-16-9-5-6-12-18-16/h14-17H,2-13H2,1H3. The second kappa shape index (κ2) is 8.16. The van der Waals surface area contributed by atoms with Crippen molar-refractivity contribution in [3.8, 4) is 0 Å². The van der Waals surface area contributed by atoms with Gasteiger partial charge in [-0.05, 0) is 51.0 Å². The summed E-state index contributed by atoms with van der Waals surface area (Å²) >= 11 is 0. The van der Waals surface area contributed by atoms with E-state index in [9.17, 15) is 0 Å². The average molecular weight is 253 g/mol. The van der Waals surface area contributed by atoms with E-state index in [1.54, 1.807) is 0 Å². The van der Waals surface area contributed by atoms with Gasteiger partial charge in [0.25, 0.3) is 0 Å². The van der Waals surface area contributed by atoms with Gasteiger partial charge in [-0.2, -0.15) is 0 Å². The van der Waals surface area contributed by atoms with Gasteiger partial charge in [0.05, 0.1) is 6.10 Å². The largest absolute Gasteiger partial charge is 0.378 e. The van der Waals surface area contributed by atoms with Crippen LogP contribution in [-0.2, 0) is 4.74 Å². The first kappa shape index (κ1) is 14.3. The van der Waals surface area contributed by atoms with Crippen molar-refractivity contribution < 1.29 is 4.74 Å². The molecule has 0 radical (unpaired) electrons. The highest BCUT2D eigenvalue weighted by Gasteiger charge is 2.21. The molecule has 106 valence electrons. The molecule has 1 aliphatic heterocycles. The summed E-state index contributed by atoms with van der Waals surface area (Å²) in [5.74, 6) is 1.00. The molecule has 1 N–H and O–H groups in total. The third-order valence-electron chi connectivity index (χ3n) is 4.70. The fraction of sp³-hybridized carbons (Fsp3) is 1.00. The van der Waals surface area contributed by atoms with Gasteiger partial charge in [0.2, 0.25) is 0 Å². The molecule has 2 fully saturated rings. The molecule has 1 aliphatic carbocycles. The van der Waals surface area contributed by atoms with Crippen molar-refractivity contribution in [3.63, 3.8) is 0 Å². The highest BCUT2D eigenvalue weighted by molar-refractivity contribution is 4.77. The van der Waals surface area contributed by atoms with Gasteiger partial charge in [0.15, 0.2) is 0 Å². The molecule has 0 aromatic rings. The fourth-order valence-electron chi connectivity index (χ4n) is 3.66. The Kier molecular flexibility index (Phi) is 6.50. The summed E-state index contributed by atoms with van der Waals surface area (Å²) in [5.41, 5.74) is 0. The van der Waals surface area contributed by atoms with E-state index >= 15 is 0 Å². The van der Waals surface area contributed by atoms with E-state index in [-0.39, 0.29) is 0 Å². The van der Waals surface area contributed by atoms with Crippen molar-refractivity contribution in [2.24, 2.45) is 5.92 Å². The lowest BCUT2D eigenvalue weighted by molar-refractivity contribution is 0.00821. The normalized spacial score (nSPS) is 27.5. The molecule has 0 aromatic heterocycles. The van der Waals surface area contributed by atoms with Crippen molar-refractivity contribution in [1.82, 2.24) is 5.32 Å². The van der Waals surface area contributed by atoms with Crippen molar-refractivity contribution in [1.29, 1.82) is 0 Å². The lowest BCUT2D eigenvalue weighted by Gasteiger charge is -2.26. The number of rotatable bonds is 7. The summed E-state index contributed by atoms with van der Waals surface area (Å²) in [5, 5.41) is 3.69. The van der Waals surface area contributed by atoms with Crippen LogP contribution < -0.4 is 5.32 Å². The monoisotopic (exact) mass is 253 g/mol. The van der Waals surface area contributed by atoms with Gasteiger partial charge in [-0.1, -0.05) is 32.6 Å². The van der Waals surface area contributed by atoms with Crippen LogP contribution in [0, 0.1) is 5.92 Å². The van der Waals surface area contributed by atoms with Crippen molar-refractivity contribution in [2.75, 3.05) is 13.2 Å². The van der Waals surface area contributed by atoms with Gasteiger partial charge in [0, 0.05) is 12.6 Å². The van der Waals surface area contributed by atoms with Crippen LogP contribution in [0.2, 0.25) is 0 Å². The Morgan fingerprint density at radius 3 is 2.56 bits per heavy atom. The van der Waals surface area contributed by atoms with E-state index in [2.05, 4.69) is 12.2 Å². The van der Waals surface area contributed by atoms with E-state index in [0.717, 1.165) is 25.1 Å². The van der Waals surface area contributed by atoms with Crippen LogP contribution in [0.25, 0.3) is 0 Å². The minimum absolute atomic E-state index is 0.559. The summed E-state index contributed by atoms with van der Waals surface area (Å²) < 4.78 is 5.85. The molecule has 0 bridgehead atoms. The zero-order valence-corrected chi connectivity index (χ0v) is 12.1. The third kappa shape index (κ3) is 4.89. The van der Waals surface area contributed by atoms with Gasteiger partial charge in [0.1, 0.15) is 0 Å². The Labute approximate surface area is 113 Å². The molecule has 1 heterocycles. The van der Waals surface area contributed by atoms with E-state index in [1.807, 2.05) is 0 Å². The molecule has 2 atom stereocenters. The van der Waals surface area contributed by atoms with Gasteiger partial charge < -0.3 is 10.1 Å². The van der Waals surface area contributed by atoms with Gasteiger partial charge in [-0.25, -0.2) is 0 Å². The molecule has 2 unspecified atom stereocenters. The molecule has 2 rings (SSSR count). The van der Waals surface area contributed by atoms with E-state index in [4.69, 9.17) is 4.74 Å². The van der Waals surface area contributed by atoms with E-state index in [0.29, 0.717) is 6.10 Å². The first-order chi connectivity index (χ1) is 8.88. The summed E-state index contributed by atoms with van der Waals surface area (Å²) in [6.45, 7) is 4.35. The van der Waals surface area contributed by atoms with Crippen LogP contribution in [0.15, 0.2) is 0 Å². The van der Waals surface area contributed by atoms with Crippen LogP contribution in [-0.4, -0.2) is 25.3 Å². The predicted octanol–water partition coefficient (Wildman–Crippen LogP) is 3.89. The smallest absolute Gasteiger partial charge is 0.0575 e. The van der Waals surface area contributed by atoms with Gasteiger partial charge in [-0.3, -0.25) is 0 Å². The molecule has 2 aliphatic rings. The third-order valence-corrected chi connectivity index (χ3v) is 4.70. The quantitative estimate of drug-likeness (QED) is 0.743. The minimum Gasteiger partial charge on any atom is -0.378 e. The predicted molar refractivity (Wildman–Crippen MR) is 76.9 cm³/mol. The Morgan fingerprint density at radius 1 is 1.11 bits per heavy atom. The number of hydrogen-bond acceptors (Lipinski definition) is 2. The minimum atomic E-state index is 0.559. The summed E-state index contributed by atoms with van der Waals surface area (Å²) in [4.78, 5) is 0. The van der Waals surface area contributed by atoms with Crippen molar-refractivity contribution in [3.05, 3.63) is 0 Å². The summed E-state index contributed by atoms with van der Waals surface area (Å²) in [7, 11) is 0. The van der Waals surface area contributed by atoms with Crippen LogP contribution in [0.1, 0.15) is 71.1 Å². The van der Waals surface area contributed by atoms with E-state index < -0.39 is 0 Å². The van der Waals surface area contributed by atoms with E-state index in [1.165, 1.54) is 64.2 Å². The second-order valence-electron chi connectivity index (χ2n) is 6.21. The van der Waals surface area contributed by atoms with Gasteiger partial charge >= 0.3 is 0 Å². The molecule has 0 spiro atoms. The summed E-state index contributed by atoms with van der Waals surface area (Å²) in [6, 6.07) is 0.739. The molecule has 0 amide bonds. The Bertz CT molecular complexity index is 207. The van der Waals surface area contributed by atoms with Crippen LogP contribution in [0.3, 0.4) is 0 Å². The molecule has 2 nitrogen and oxygen atoms in total. The SMILES string of the molecule is CCNC(CCC1CCCCO1)CC1CCCC1. The van der Waals surface area contributed by atoms with Crippen LogP contribution in [0.4, 0.5) is 0 Å². The summed E-state index contributed by atoms with van der Waals surface area (Å²) in [6.07, 6.45) is 14.4. The Hall–Kier alpha value is -0.0800. The molecule has 1 saturated carbocycles. The molecule has 1 saturated heterocycles. The van der Waals surface area contributed by atoms with Gasteiger partial charge in [-0.15, -0.1) is 0 Å². The number of ether oxygens (including phenoxy) is 1. The average Bonchev–Trinajstić information content (AvgIpc) is 2.90. The van der Waals surface area contributed by atoms with Crippen LogP contribution in [0.5, 0.6) is 0 Å². The molecule has 18 heavy (non-hydrogen) atoms. The molecule has 2 heteroatoms. The Morgan fingerprint density at radius 2 is 1.89 bits per heavy atom. The second-order valence-corrected chi connectivity index (χ2v) is 6.21. The lowest BCUT2D eigenvalue weighted by Crippen LogP contribution is -2.32. The molecular weight excluding hydrogens is 222 g/mol. The maximum absolute atomic E-state index is 5.85. The van der Waals surface area contributed by atoms with Crippen molar-refractivity contribution in [2.45, 2.75) is 83.3 Å². The highest BCUT2D eigenvalue weighted by atomic mass is 16.5. The fourth-order valence-corrected chi connectivity index (χ4v) is 3.66. The first-order valence-electron chi connectivity index (χ1n) is 8.23. The maximum atomic E-state index is 5.85. The highest BCUT2D eigenvalue weighted by Crippen LogP contribution is 2.30. The van der Waals surface area contributed by atoms with Crippen molar-refractivity contribution >= 4 is 0 Å². The lowest BCUT2D eigenvalue weighted by atomic mass is 9.93. The number of hydrogen-bond donors (Lipinski definition) is 1. The number of nitrogens with one attached hydrogen (secondary N) is 1. The zero-order valence-electron chi connectivity index (χ0n) is 12.1. The molecular formula is C16H31NO. The van der Waals surface area contributed by atoms with Crippen LogP contribution >= 0.6 is 0 Å². The Balaban J connectivity index is 1.67. The maximum Gasteiger partial charge on any atom is 0.0575 e. The zero-order chi connectivity index (χ0) is 12.6. The topological polar surface area (TPSA) is 21.3 Å². The first-order valence-corrected chi connectivity index (χ1v) is 8.23.